The Labute approximate surface area is 95.9 Å². The highest BCUT2D eigenvalue weighted by molar-refractivity contribution is 5.22. The fourth-order valence-electron chi connectivity index (χ4n) is 2.16. The van der Waals surface area contributed by atoms with E-state index in [0.717, 1.165) is 18.9 Å². The van der Waals surface area contributed by atoms with E-state index in [4.69, 9.17) is 0 Å². The van der Waals surface area contributed by atoms with Crippen molar-refractivity contribution >= 4 is 0 Å². The molecule has 1 N–H and O–H groups in total. The summed E-state index contributed by atoms with van der Waals surface area (Å²) in [6.45, 7) is 4.20. The Morgan fingerprint density at radius 1 is 1.19 bits per heavy atom. The highest BCUT2D eigenvalue weighted by Gasteiger charge is 2.18. The lowest BCUT2D eigenvalue weighted by Gasteiger charge is -2.23. The van der Waals surface area contributed by atoms with Crippen LogP contribution in [0, 0.1) is 17.6 Å². The lowest BCUT2D eigenvalue weighted by Crippen LogP contribution is -2.23. The predicted octanol–water partition coefficient (Wildman–Crippen LogP) is 3.66. The van der Waals surface area contributed by atoms with Crippen LogP contribution in [0.1, 0.15) is 38.3 Å². The summed E-state index contributed by atoms with van der Waals surface area (Å²) in [6, 6.07) is 3.71. The van der Waals surface area contributed by atoms with Crippen molar-refractivity contribution in [3.05, 3.63) is 35.4 Å². The van der Waals surface area contributed by atoms with Crippen molar-refractivity contribution in [2.24, 2.45) is 5.92 Å². The maximum absolute atomic E-state index is 13.1. The molecular weight excluding hydrogens is 208 g/mol. The van der Waals surface area contributed by atoms with Crippen LogP contribution >= 0.6 is 0 Å². The number of benzene rings is 1. The third-order valence-electron chi connectivity index (χ3n) is 2.87. The summed E-state index contributed by atoms with van der Waals surface area (Å²) in [5.41, 5.74) is 0.681. The van der Waals surface area contributed by atoms with Gasteiger partial charge >= 0.3 is 0 Å². The summed E-state index contributed by atoms with van der Waals surface area (Å²) in [5, 5.41) is 3.12. The second-order valence-corrected chi connectivity index (χ2v) is 4.24. The van der Waals surface area contributed by atoms with Crippen molar-refractivity contribution in [3.63, 3.8) is 0 Å². The molecule has 3 heteroatoms. The van der Waals surface area contributed by atoms with E-state index in [9.17, 15) is 8.78 Å². The van der Waals surface area contributed by atoms with Gasteiger partial charge in [0.2, 0.25) is 0 Å². The number of hydrogen-bond acceptors (Lipinski definition) is 1. The molecule has 0 heterocycles. The lowest BCUT2D eigenvalue weighted by molar-refractivity contribution is 0.381. The van der Waals surface area contributed by atoms with Gasteiger partial charge in [-0.25, -0.2) is 8.78 Å². The van der Waals surface area contributed by atoms with Crippen LogP contribution in [-0.4, -0.2) is 7.05 Å². The van der Waals surface area contributed by atoms with Crippen LogP contribution in [0.15, 0.2) is 18.2 Å². The highest BCUT2D eigenvalue weighted by atomic mass is 19.1. The Hall–Kier alpha value is -0.960. The van der Waals surface area contributed by atoms with Gasteiger partial charge in [0.05, 0.1) is 0 Å². The summed E-state index contributed by atoms with van der Waals surface area (Å²) in [4.78, 5) is 0. The quantitative estimate of drug-likeness (QED) is 0.809. The van der Waals surface area contributed by atoms with Gasteiger partial charge in [-0.15, -0.1) is 0 Å². The van der Waals surface area contributed by atoms with Crippen molar-refractivity contribution in [1.82, 2.24) is 5.32 Å². The van der Waals surface area contributed by atoms with E-state index in [-0.39, 0.29) is 6.04 Å². The summed E-state index contributed by atoms with van der Waals surface area (Å²) in [7, 11) is 1.82. The van der Waals surface area contributed by atoms with Crippen molar-refractivity contribution in [3.8, 4) is 0 Å². The zero-order valence-electron chi connectivity index (χ0n) is 10.1. The van der Waals surface area contributed by atoms with Crippen LogP contribution in [0.25, 0.3) is 0 Å². The number of rotatable bonds is 5. The number of hydrogen-bond donors (Lipinski definition) is 1. The standard InChI is InChI=1S/C13H19F2N/c1-4-5-9(2)13(16-3)10-6-11(14)8-12(15)7-10/h6-9,13,16H,4-5H2,1-3H3. The summed E-state index contributed by atoms with van der Waals surface area (Å²) in [6.07, 6.45) is 2.10. The van der Waals surface area contributed by atoms with Gasteiger partial charge in [0.1, 0.15) is 11.6 Å². The van der Waals surface area contributed by atoms with Gasteiger partial charge in [0.15, 0.2) is 0 Å². The fourth-order valence-corrected chi connectivity index (χ4v) is 2.16. The molecule has 1 nitrogen and oxygen atoms in total. The van der Waals surface area contributed by atoms with Crippen LogP contribution in [0.2, 0.25) is 0 Å². The second kappa shape index (κ2) is 5.94. The molecule has 0 radical (unpaired) electrons. The normalized spacial score (nSPS) is 14.8. The van der Waals surface area contributed by atoms with E-state index in [0.29, 0.717) is 11.5 Å². The summed E-state index contributed by atoms with van der Waals surface area (Å²) in [5.74, 6) is -0.672. The first kappa shape index (κ1) is 13.1. The third kappa shape index (κ3) is 3.27. The van der Waals surface area contributed by atoms with Gasteiger partial charge in [-0.3, -0.25) is 0 Å². The topological polar surface area (TPSA) is 12.0 Å². The Morgan fingerprint density at radius 2 is 1.75 bits per heavy atom. The highest BCUT2D eigenvalue weighted by Crippen LogP contribution is 2.26. The molecule has 90 valence electrons. The molecule has 1 rings (SSSR count). The first-order chi connectivity index (χ1) is 7.58. The van der Waals surface area contributed by atoms with Gasteiger partial charge in [0.25, 0.3) is 0 Å². The van der Waals surface area contributed by atoms with E-state index >= 15 is 0 Å². The minimum atomic E-state index is -0.515. The molecule has 1 aromatic carbocycles. The van der Waals surface area contributed by atoms with Crippen LogP contribution in [0.3, 0.4) is 0 Å². The lowest BCUT2D eigenvalue weighted by atomic mass is 9.91. The Kier molecular flexibility index (Phi) is 4.87. The van der Waals surface area contributed by atoms with Gasteiger partial charge in [-0.05, 0) is 37.1 Å². The average molecular weight is 227 g/mol. The van der Waals surface area contributed by atoms with Gasteiger partial charge in [-0.1, -0.05) is 20.3 Å². The first-order valence-electron chi connectivity index (χ1n) is 5.71. The van der Waals surface area contributed by atoms with E-state index < -0.39 is 11.6 Å². The van der Waals surface area contributed by atoms with E-state index in [1.807, 2.05) is 7.05 Å². The maximum Gasteiger partial charge on any atom is 0.126 e. The maximum atomic E-state index is 13.1. The minimum Gasteiger partial charge on any atom is -0.313 e. The summed E-state index contributed by atoms with van der Waals surface area (Å²) >= 11 is 0. The molecule has 2 atom stereocenters. The molecule has 0 amide bonds. The molecule has 0 aliphatic carbocycles. The minimum absolute atomic E-state index is 0.00477. The monoisotopic (exact) mass is 227 g/mol. The van der Waals surface area contributed by atoms with Crippen LogP contribution in [-0.2, 0) is 0 Å². The van der Waals surface area contributed by atoms with Crippen LogP contribution < -0.4 is 5.32 Å². The number of nitrogens with one attached hydrogen (secondary N) is 1. The largest absolute Gasteiger partial charge is 0.313 e. The SMILES string of the molecule is CCCC(C)C(NC)c1cc(F)cc(F)c1. The third-order valence-corrected chi connectivity index (χ3v) is 2.87. The van der Waals surface area contributed by atoms with Gasteiger partial charge in [0, 0.05) is 12.1 Å². The Bertz CT molecular complexity index is 318. The molecule has 0 aromatic heterocycles. The predicted molar refractivity (Wildman–Crippen MR) is 62.2 cm³/mol. The molecule has 16 heavy (non-hydrogen) atoms. The molecule has 0 saturated carbocycles. The molecule has 0 bridgehead atoms. The van der Waals surface area contributed by atoms with E-state index in [1.54, 1.807) is 0 Å². The average Bonchev–Trinajstić information content (AvgIpc) is 2.17. The van der Waals surface area contributed by atoms with Crippen molar-refractivity contribution in [2.75, 3.05) is 7.05 Å². The summed E-state index contributed by atoms with van der Waals surface area (Å²) < 4.78 is 26.2. The molecule has 2 unspecified atom stereocenters. The molecule has 1 aromatic rings. The van der Waals surface area contributed by atoms with Crippen molar-refractivity contribution in [2.45, 2.75) is 32.7 Å². The Morgan fingerprint density at radius 3 is 2.19 bits per heavy atom. The van der Waals surface area contributed by atoms with Crippen molar-refractivity contribution < 1.29 is 8.78 Å². The molecule has 0 aliphatic heterocycles. The van der Waals surface area contributed by atoms with Gasteiger partial charge in [-0.2, -0.15) is 0 Å². The van der Waals surface area contributed by atoms with Crippen LogP contribution in [0.5, 0.6) is 0 Å². The molecule has 0 spiro atoms. The zero-order chi connectivity index (χ0) is 12.1. The molecular formula is C13H19F2N. The van der Waals surface area contributed by atoms with Crippen molar-refractivity contribution in [1.29, 1.82) is 0 Å². The second-order valence-electron chi connectivity index (χ2n) is 4.24. The zero-order valence-corrected chi connectivity index (χ0v) is 10.1. The van der Waals surface area contributed by atoms with E-state index in [2.05, 4.69) is 19.2 Å². The molecule has 0 aliphatic rings. The molecule has 0 fully saturated rings. The molecule has 0 saturated heterocycles. The smallest absolute Gasteiger partial charge is 0.126 e. The van der Waals surface area contributed by atoms with E-state index in [1.165, 1.54) is 12.1 Å². The first-order valence-corrected chi connectivity index (χ1v) is 5.71. The fraction of sp³-hybridized carbons (Fsp3) is 0.538. The number of halogens is 2. The van der Waals surface area contributed by atoms with Gasteiger partial charge < -0.3 is 5.32 Å². The Balaban J connectivity index is 2.94. The van der Waals surface area contributed by atoms with Crippen LogP contribution in [0.4, 0.5) is 8.78 Å².